The van der Waals surface area contributed by atoms with Crippen molar-refractivity contribution in [2.45, 2.75) is 11.9 Å². The number of hydrogen-bond donors (Lipinski definition) is 1. The molecule has 2 aromatic rings. The molecule has 0 aliphatic carbocycles. The van der Waals surface area contributed by atoms with Gasteiger partial charge in [0.25, 0.3) is 0 Å². The molecular weight excluding hydrogens is 262 g/mol. The Kier molecular flexibility index (Phi) is 4.01. The highest BCUT2D eigenvalue weighted by Crippen LogP contribution is 2.27. The molecule has 0 bridgehead atoms. The standard InChI is InChI=1S/C13H13N3O2S/c1-8(17)10-5-9(14)3-4-11(10)18-12-6-13(19-2)16-7-15-12/h3-7H,14H2,1-2H3. The third kappa shape index (κ3) is 3.23. The summed E-state index contributed by atoms with van der Waals surface area (Å²) in [6.07, 6.45) is 3.34. The molecule has 0 spiro atoms. The number of aromatic nitrogens is 2. The van der Waals surface area contributed by atoms with Gasteiger partial charge in [-0.2, -0.15) is 0 Å². The minimum Gasteiger partial charge on any atom is -0.438 e. The molecule has 0 aliphatic heterocycles. The summed E-state index contributed by atoms with van der Waals surface area (Å²) in [5.74, 6) is 0.723. The number of nitrogens with zero attached hydrogens (tertiary/aromatic N) is 2. The summed E-state index contributed by atoms with van der Waals surface area (Å²) < 4.78 is 5.63. The van der Waals surface area contributed by atoms with Crippen LogP contribution in [-0.4, -0.2) is 22.0 Å². The Morgan fingerprint density at radius 1 is 1.32 bits per heavy atom. The Bertz CT molecular complexity index is 617. The molecule has 0 saturated carbocycles. The lowest BCUT2D eigenvalue weighted by molar-refractivity contribution is 0.101. The predicted molar refractivity (Wildman–Crippen MR) is 74.7 cm³/mol. The fraction of sp³-hybridized carbons (Fsp3) is 0.154. The number of carbonyl (C=O) groups excluding carboxylic acids is 1. The van der Waals surface area contributed by atoms with Gasteiger partial charge < -0.3 is 10.5 Å². The summed E-state index contributed by atoms with van der Waals surface area (Å²) in [6.45, 7) is 1.47. The maximum absolute atomic E-state index is 11.6. The van der Waals surface area contributed by atoms with Crippen molar-refractivity contribution in [3.8, 4) is 11.6 Å². The van der Waals surface area contributed by atoms with E-state index in [0.717, 1.165) is 5.03 Å². The van der Waals surface area contributed by atoms with E-state index in [1.165, 1.54) is 25.0 Å². The van der Waals surface area contributed by atoms with Crippen LogP contribution in [0.2, 0.25) is 0 Å². The van der Waals surface area contributed by atoms with Crippen LogP contribution in [0.4, 0.5) is 5.69 Å². The number of ether oxygens (including phenoxy) is 1. The van der Waals surface area contributed by atoms with Gasteiger partial charge in [0.15, 0.2) is 5.78 Å². The lowest BCUT2D eigenvalue weighted by atomic mass is 10.1. The molecule has 5 nitrogen and oxygen atoms in total. The van der Waals surface area contributed by atoms with E-state index < -0.39 is 0 Å². The van der Waals surface area contributed by atoms with E-state index in [1.54, 1.807) is 24.3 Å². The second-order valence-corrected chi connectivity index (χ2v) is 4.64. The van der Waals surface area contributed by atoms with Crippen LogP contribution in [0.5, 0.6) is 11.6 Å². The fourth-order valence-corrected chi connectivity index (χ4v) is 1.89. The third-order valence-electron chi connectivity index (χ3n) is 2.42. The molecule has 2 N–H and O–H groups in total. The minimum atomic E-state index is -0.110. The van der Waals surface area contributed by atoms with Crippen LogP contribution in [0.1, 0.15) is 17.3 Å². The third-order valence-corrected chi connectivity index (χ3v) is 3.07. The number of hydrogen-bond acceptors (Lipinski definition) is 6. The number of rotatable bonds is 4. The van der Waals surface area contributed by atoms with Gasteiger partial charge in [-0.05, 0) is 31.4 Å². The first-order valence-electron chi connectivity index (χ1n) is 5.54. The van der Waals surface area contributed by atoms with Crippen LogP contribution < -0.4 is 10.5 Å². The lowest BCUT2D eigenvalue weighted by Crippen LogP contribution is -2.00. The molecule has 98 valence electrons. The van der Waals surface area contributed by atoms with Gasteiger partial charge in [-0.15, -0.1) is 11.8 Å². The van der Waals surface area contributed by atoms with E-state index in [4.69, 9.17) is 10.5 Å². The van der Waals surface area contributed by atoms with E-state index in [2.05, 4.69) is 9.97 Å². The van der Waals surface area contributed by atoms with Crippen molar-refractivity contribution in [2.75, 3.05) is 12.0 Å². The van der Waals surface area contributed by atoms with Crippen molar-refractivity contribution in [3.63, 3.8) is 0 Å². The zero-order valence-electron chi connectivity index (χ0n) is 10.6. The number of thioether (sulfide) groups is 1. The van der Waals surface area contributed by atoms with Gasteiger partial charge in [-0.3, -0.25) is 4.79 Å². The van der Waals surface area contributed by atoms with Crippen LogP contribution in [-0.2, 0) is 0 Å². The second kappa shape index (κ2) is 5.71. The Morgan fingerprint density at radius 2 is 2.11 bits per heavy atom. The maximum Gasteiger partial charge on any atom is 0.223 e. The number of ketones is 1. The number of nitrogen functional groups attached to an aromatic ring is 1. The summed E-state index contributed by atoms with van der Waals surface area (Å²) in [7, 11) is 0. The highest BCUT2D eigenvalue weighted by Gasteiger charge is 2.11. The van der Waals surface area contributed by atoms with Crippen LogP contribution in [0, 0.1) is 0 Å². The predicted octanol–water partition coefficient (Wildman–Crippen LogP) is 2.78. The molecule has 2 rings (SSSR count). The molecule has 0 amide bonds. The van der Waals surface area contributed by atoms with Crippen molar-refractivity contribution >= 4 is 23.2 Å². The number of nitrogens with two attached hydrogens (primary N) is 1. The van der Waals surface area contributed by atoms with Crippen molar-refractivity contribution in [1.29, 1.82) is 0 Å². The second-order valence-electron chi connectivity index (χ2n) is 3.81. The Morgan fingerprint density at radius 3 is 2.79 bits per heavy atom. The zero-order valence-corrected chi connectivity index (χ0v) is 11.4. The molecule has 6 heteroatoms. The van der Waals surface area contributed by atoms with Gasteiger partial charge in [-0.1, -0.05) is 0 Å². The van der Waals surface area contributed by atoms with E-state index in [0.29, 0.717) is 22.9 Å². The fourth-order valence-electron chi connectivity index (χ4n) is 1.51. The van der Waals surface area contributed by atoms with Gasteiger partial charge in [0, 0.05) is 11.8 Å². The van der Waals surface area contributed by atoms with Crippen LogP contribution in [0.15, 0.2) is 35.6 Å². The number of Topliss-reactive ketones (excluding diaryl/α,β-unsaturated/α-hetero) is 1. The van der Waals surface area contributed by atoms with E-state index in [-0.39, 0.29) is 5.78 Å². The Balaban J connectivity index is 2.34. The van der Waals surface area contributed by atoms with Crippen LogP contribution >= 0.6 is 11.8 Å². The van der Waals surface area contributed by atoms with Crippen molar-refractivity contribution < 1.29 is 9.53 Å². The van der Waals surface area contributed by atoms with Crippen LogP contribution in [0.25, 0.3) is 0 Å². The molecule has 0 atom stereocenters. The van der Waals surface area contributed by atoms with Gasteiger partial charge in [0.1, 0.15) is 17.1 Å². The topological polar surface area (TPSA) is 78.1 Å². The van der Waals surface area contributed by atoms with Crippen molar-refractivity contribution in [2.24, 2.45) is 0 Å². The molecule has 0 fully saturated rings. The SMILES string of the molecule is CSc1cc(Oc2ccc(N)cc2C(C)=O)ncn1. The number of benzene rings is 1. The quantitative estimate of drug-likeness (QED) is 0.400. The molecule has 1 aromatic heterocycles. The van der Waals surface area contributed by atoms with Gasteiger partial charge >= 0.3 is 0 Å². The average molecular weight is 275 g/mol. The molecule has 0 saturated heterocycles. The van der Waals surface area contributed by atoms with E-state index in [1.807, 2.05) is 6.26 Å². The Hall–Kier alpha value is -2.08. The average Bonchev–Trinajstić information content (AvgIpc) is 2.41. The summed E-state index contributed by atoms with van der Waals surface area (Å²) in [5, 5.41) is 0.796. The van der Waals surface area contributed by atoms with E-state index in [9.17, 15) is 4.79 Å². The van der Waals surface area contributed by atoms with E-state index >= 15 is 0 Å². The first-order chi connectivity index (χ1) is 9.10. The summed E-state index contributed by atoms with van der Waals surface area (Å²) >= 11 is 1.49. The summed E-state index contributed by atoms with van der Waals surface area (Å²) in [5.41, 5.74) is 6.62. The monoisotopic (exact) mass is 275 g/mol. The lowest BCUT2D eigenvalue weighted by Gasteiger charge is -2.09. The first kappa shape index (κ1) is 13.4. The minimum absolute atomic E-state index is 0.110. The van der Waals surface area contributed by atoms with Crippen molar-refractivity contribution in [3.05, 3.63) is 36.2 Å². The van der Waals surface area contributed by atoms with Gasteiger partial charge in [0.05, 0.1) is 5.56 Å². The molecular formula is C13H13N3O2S. The highest BCUT2D eigenvalue weighted by atomic mass is 32.2. The normalized spacial score (nSPS) is 10.2. The smallest absolute Gasteiger partial charge is 0.223 e. The molecule has 1 heterocycles. The number of carbonyl (C=O) groups is 1. The maximum atomic E-state index is 11.6. The molecule has 19 heavy (non-hydrogen) atoms. The molecule has 0 radical (unpaired) electrons. The van der Waals surface area contributed by atoms with Crippen molar-refractivity contribution in [1.82, 2.24) is 9.97 Å². The van der Waals surface area contributed by atoms with Crippen LogP contribution in [0.3, 0.4) is 0 Å². The summed E-state index contributed by atoms with van der Waals surface area (Å²) in [6, 6.07) is 6.64. The molecule has 0 unspecified atom stereocenters. The largest absolute Gasteiger partial charge is 0.438 e. The van der Waals surface area contributed by atoms with Gasteiger partial charge in [-0.25, -0.2) is 9.97 Å². The van der Waals surface area contributed by atoms with Gasteiger partial charge in [0.2, 0.25) is 5.88 Å². The molecule has 0 aliphatic rings. The first-order valence-corrected chi connectivity index (χ1v) is 6.77. The zero-order chi connectivity index (χ0) is 13.8. The summed E-state index contributed by atoms with van der Waals surface area (Å²) in [4.78, 5) is 19.6. The Labute approximate surface area is 115 Å². The highest BCUT2D eigenvalue weighted by molar-refractivity contribution is 7.98. The number of anilines is 1. The molecule has 1 aromatic carbocycles.